The standard InChI is InChI=1S/C23H30N4O2/c1-17-7-5-8-19(15-17)27-13-11-26(12-14-27)16-22(28)24-21-10-6-9-20(18(21)2)23(29)25(3)4/h5-10,15H,11-14,16H2,1-4H3,(H,24,28). The van der Waals surface area contributed by atoms with Gasteiger partial charge in [0.05, 0.1) is 6.54 Å². The number of rotatable bonds is 5. The van der Waals surface area contributed by atoms with E-state index in [1.165, 1.54) is 11.3 Å². The van der Waals surface area contributed by atoms with Crippen molar-refractivity contribution in [3.63, 3.8) is 0 Å². The van der Waals surface area contributed by atoms with E-state index in [0.717, 1.165) is 31.7 Å². The SMILES string of the molecule is Cc1cccc(N2CCN(CC(=O)Nc3cccc(C(=O)N(C)C)c3C)CC2)c1. The summed E-state index contributed by atoms with van der Waals surface area (Å²) >= 11 is 0. The van der Waals surface area contributed by atoms with E-state index in [2.05, 4.69) is 46.3 Å². The van der Waals surface area contributed by atoms with E-state index >= 15 is 0 Å². The first-order valence-electron chi connectivity index (χ1n) is 10.00. The molecule has 0 bridgehead atoms. The van der Waals surface area contributed by atoms with Crippen molar-refractivity contribution < 1.29 is 9.59 Å². The van der Waals surface area contributed by atoms with Crippen LogP contribution in [0.15, 0.2) is 42.5 Å². The van der Waals surface area contributed by atoms with Gasteiger partial charge in [0.1, 0.15) is 0 Å². The van der Waals surface area contributed by atoms with E-state index in [9.17, 15) is 9.59 Å². The van der Waals surface area contributed by atoms with Gasteiger partial charge in [-0.15, -0.1) is 0 Å². The number of nitrogens with zero attached hydrogens (tertiary/aromatic N) is 3. The highest BCUT2D eigenvalue weighted by Gasteiger charge is 2.20. The molecule has 1 saturated heterocycles. The molecule has 154 valence electrons. The third kappa shape index (κ3) is 5.15. The first kappa shape index (κ1) is 20.9. The van der Waals surface area contributed by atoms with E-state index in [-0.39, 0.29) is 11.8 Å². The van der Waals surface area contributed by atoms with Crippen molar-refractivity contribution in [2.45, 2.75) is 13.8 Å². The van der Waals surface area contributed by atoms with E-state index in [1.54, 1.807) is 31.1 Å². The first-order valence-corrected chi connectivity index (χ1v) is 10.00. The summed E-state index contributed by atoms with van der Waals surface area (Å²) in [6.07, 6.45) is 0. The van der Waals surface area contributed by atoms with Gasteiger partial charge in [0.15, 0.2) is 0 Å². The van der Waals surface area contributed by atoms with Crippen molar-refractivity contribution in [1.82, 2.24) is 9.80 Å². The van der Waals surface area contributed by atoms with Crippen LogP contribution in [0.25, 0.3) is 0 Å². The van der Waals surface area contributed by atoms with Crippen LogP contribution in [0, 0.1) is 13.8 Å². The molecular weight excluding hydrogens is 364 g/mol. The van der Waals surface area contributed by atoms with Crippen LogP contribution in [0.4, 0.5) is 11.4 Å². The van der Waals surface area contributed by atoms with Crippen LogP contribution in [0.3, 0.4) is 0 Å². The minimum atomic E-state index is -0.0640. The van der Waals surface area contributed by atoms with Gasteiger partial charge in [-0.1, -0.05) is 18.2 Å². The van der Waals surface area contributed by atoms with Crippen LogP contribution < -0.4 is 10.2 Å². The molecule has 0 aromatic heterocycles. The molecule has 6 heteroatoms. The van der Waals surface area contributed by atoms with Crippen LogP contribution >= 0.6 is 0 Å². The number of aryl methyl sites for hydroxylation is 1. The molecule has 2 amide bonds. The molecule has 29 heavy (non-hydrogen) atoms. The maximum absolute atomic E-state index is 12.6. The summed E-state index contributed by atoms with van der Waals surface area (Å²) in [5.41, 5.74) is 4.60. The number of nitrogens with one attached hydrogen (secondary N) is 1. The second-order valence-electron chi connectivity index (χ2n) is 7.83. The predicted molar refractivity (Wildman–Crippen MR) is 118 cm³/mol. The number of carbonyl (C=O) groups excluding carboxylic acids is 2. The average molecular weight is 395 g/mol. The lowest BCUT2D eigenvalue weighted by atomic mass is 10.1. The van der Waals surface area contributed by atoms with E-state index in [0.29, 0.717) is 17.8 Å². The number of anilines is 2. The molecule has 0 aliphatic carbocycles. The maximum Gasteiger partial charge on any atom is 0.253 e. The molecule has 1 heterocycles. The molecule has 0 unspecified atom stereocenters. The summed E-state index contributed by atoms with van der Waals surface area (Å²) in [5, 5.41) is 2.98. The lowest BCUT2D eigenvalue weighted by Crippen LogP contribution is -2.48. The molecule has 2 aromatic carbocycles. The minimum absolute atomic E-state index is 0.0495. The van der Waals surface area contributed by atoms with Crippen molar-refractivity contribution in [2.24, 2.45) is 0 Å². The molecule has 1 fully saturated rings. The van der Waals surface area contributed by atoms with Gasteiger partial charge >= 0.3 is 0 Å². The Morgan fingerprint density at radius 2 is 1.69 bits per heavy atom. The number of carbonyl (C=O) groups is 2. The molecule has 0 atom stereocenters. The number of hydrogen-bond acceptors (Lipinski definition) is 4. The summed E-state index contributed by atoms with van der Waals surface area (Å²) in [6, 6.07) is 14.0. The third-order valence-corrected chi connectivity index (χ3v) is 5.35. The van der Waals surface area contributed by atoms with Crippen molar-refractivity contribution in [3.8, 4) is 0 Å². The smallest absolute Gasteiger partial charge is 0.253 e. The zero-order chi connectivity index (χ0) is 21.0. The quantitative estimate of drug-likeness (QED) is 0.847. The Bertz CT molecular complexity index is 886. The van der Waals surface area contributed by atoms with E-state index in [1.807, 2.05) is 13.0 Å². The van der Waals surface area contributed by atoms with Gasteiger partial charge in [-0.2, -0.15) is 0 Å². The molecular formula is C23H30N4O2. The second-order valence-corrected chi connectivity index (χ2v) is 7.83. The van der Waals surface area contributed by atoms with Crippen molar-refractivity contribution in [2.75, 3.05) is 57.0 Å². The Hall–Kier alpha value is -2.86. The predicted octanol–water partition coefficient (Wildman–Crippen LogP) is 2.77. The van der Waals surface area contributed by atoms with Gasteiger partial charge in [0.2, 0.25) is 5.91 Å². The lowest BCUT2D eigenvalue weighted by Gasteiger charge is -2.35. The number of hydrogen-bond donors (Lipinski definition) is 1. The summed E-state index contributed by atoms with van der Waals surface area (Å²) in [6.45, 7) is 7.83. The molecule has 1 aliphatic rings. The zero-order valence-corrected chi connectivity index (χ0v) is 17.7. The van der Waals surface area contributed by atoms with Crippen molar-refractivity contribution in [3.05, 3.63) is 59.2 Å². The summed E-state index contributed by atoms with van der Waals surface area (Å²) in [7, 11) is 3.45. The highest BCUT2D eigenvalue weighted by Crippen LogP contribution is 2.21. The van der Waals surface area contributed by atoms with Crippen LogP contribution in [0.5, 0.6) is 0 Å². The summed E-state index contributed by atoms with van der Waals surface area (Å²) in [5.74, 6) is -0.113. The van der Waals surface area contributed by atoms with Gasteiger partial charge < -0.3 is 15.1 Å². The Kier molecular flexibility index (Phi) is 6.54. The number of benzene rings is 2. The molecule has 0 radical (unpaired) electrons. The zero-order valence-electron chi connectivity index (χ0n) is 17.7. The maximum atomic E-state index is 12.6. The second kappa shape index (κ2) is 9.09. The highest BCUT2D eigenvalue weighted by atomic mass is 16.2. The van der Waals surface area contributed by atoms with Gasteiger partial charge in [-0.05, 0) is 49.2 Å². The Morgan fingerprint density at radius 3 is 2.34 bits per heavy atom. The Morgan fingerprint density at radius 1 is 1.00 bits per heavy atom. The number of piperazine rings is 1. The average Bonchev–Trinajstić information content (AvgIpc) is 2.69. The monoisotopic (exact) mass is 394 g/mol. The molecule has 1 N–H and O–H groups in total. The van der Waals surface area contributed by atoms with Gasteiger partial charge in [-0.25, -0.2) is 0 Å². The molecule has 0 saturated carbocycles. The van der Waals surface area contributed by atoms with Crippen LogP contribution in [0.2, 0.25) is 0 Å². The normalized spacial score (nSPS) is 14.6. The van der Waals surface area contributed by atoms with E-state index in [4.69, 9.17) is 0 Å². The largest absolute Gasteiger partial charge is 0.369 e. The van der Waals surface area contributed by atoms with Crippen molar-refractivity contribution in [1.29, 1.82) is 0 Å². The molecule has 1 aliphatic heterocycles. The van der Waals surface area contributed by atoms with Gasteiger partial charge in [0.25, 0.3) is 5.91 Å². The third-order valence-electron chi connectivity index (χ3n) is 5.35. The van der Waals surface area contributed by atoms with Crippen LogP contribution in [0.1, 0.15) is 21.5 Å². The Balaban J connectivity index is 1.56. The Labute approximate surface area is 173 Å². The fraction of sp³-hybridized carbons (Fsp3) is 0.391. The molecule has 6 nitrogen and oxygen atoms in total. The molecule has 0 spiro atoms. The fourth-order valence-corrected chi connectivity index (χ4v) is 3.63. The van der Waals surface area contributed by atoms with Crippen molar-refractivity contribution >= 4 is 23.2 Å². The minimum Gasteiger partial charge on any atom is -0.369 e. The highest BCUT2D eigenvalue weighted by molar-refractivity contribution is 5.99. The molecule has 3 rings (SSSR count). The van der Waals surface area contributed by atoms with Crippen LogP contribution in [-0.4, -0.2) is 68.4 Å². The molecule has 2 aromatic rings. The fourth-order valence-electron chi connectivity index (χ4n) is 3.63. The van der Waals surface area contributed by atoms with Gasteiger partial charge in [-0.3, -0.25) is 14.5 Å². The lowest BCUT2D eigenvalue weighted by molar-refractivity contribution is -0.117. The topological polar surface area (TPSA) is 55.9 Å². The van der Waals surface area contributed by atoms with Gasteiger partial charge in [0, 0.05) is 57.2 Å². The summed E-state index contributed by atoms with van der Waals surface area (Å²) in [4.78, 5) is 31.0. The summed E-state index contributed by atoms with van der Waals surface area (Å²) < 4.78 is 0. The van der Waals surface area contributed by atoms with E-state index < -0.39 is 0 Å². The number of amides is 2. The van der Waals surface area contributed by atoms with Crippen LogP contribution in [-0.2, 0) is 4.79 Å². The first-order chi connectivity index (χ1) is 13.8.